The van der Waals surface area contributed by atoms with Gasteiger partial charge in [0.25, 0.3) is 15.9 Å². The second kappa shape index (κ2) is 9.62. The van der Waals surface area contributed by atoms with E-state index < -0.39 is 16.1 Å². The van der Waals surface area contributed by atoms with Crippen molar-refractivity contribution >= 4 is 56.4 Å². The van der Waals surface area contributed by atoms with Crippen LogP contribution >= 0.6 is 34.8 Å². The van der Waals surface area contributed by atoms with Gasteiger partial charge >= 0.3 is 0 Å². The number of morpholine rings is 1. The molecule has 0 bridgehead atoms. The summed E-state index contributed by atoms with van der Waals surface area (Å²) in [6, 6.07) is 8.39. The second-order valence-electron chi connectivity index (χ2n) is 6.52. The second-order valence-corrected chi connectivity index (χ2v) is 9.42. The molecule has 1 atom stereocenters. The molecule has 0 radical (unpaired) electrons. The van der Waals surface area contributed by atoms with Crippen molar-refractivity contribution in [3.63, 3.8) is 0 Å². The summed E-state index contributed by atoms with van der Waals surface area (Å²) in [6.07, 6.45) is -0.710. The third-order valence-corrected chi connectivity index (χ3v) is 6.79. The van der Waals surface area contributed by atoms with E-state index in [1.165, 1.54) is 36.4 Å². The fourth-order valence-electron chi connectivity index (χ4n) is 2.80. The Morgan fingerprint density at radius 1 is 1.07 bits per heavy atom. The molecule has 11 heteroatoms. The lowest BCUT2D eigenvalue weighted by Gasteiger charge is -2.29. The number of nitrogens with one attached hydrogen (secondary N) is 1. The van der Waals surface area contributed by atoms with Crippen molar-refractivity contribution in [2.45, 2.75) is 17.9 Å². The van der Waals surface area contributed by atoms with Crippen LogP contribution in [0.25, 0.3) is 0 Å². The molecule has 1 aliphatic rings. The molecule has 1 aliphatic heterocycles. The van der Waals surface area contributed by atoms with Gasteiger partial charge in [-0.2, -0.15) is 0 Å². The molecule has 1 saturated heterocycles. The lowest BCUT2D eigenvalue weighted by Crippen LogP contribution is -2.46. The van der Waals surface area contributed by atoms with E-state index in [1.807, 2.05) is 0 Å². The summed E-state index contributed by atoms with van der Waals surface area (Å²) in [5.74, 6) is 0.224. The third-order valence-electron chi connectivity index (χ3n) is 4.37. The third kappa shape index (κ3) is 5.50. The van der Waals surface area contributed by atoms with Crippen molar-refractivity contribution in [1.82, 2.24) is 4.90 Å². The van der Waals surface area contributed by atoms with Crippen LogP contribution in [0.1, 0.15) is 6.92 Å². The van der Waals surface area contributed by atoms with E-state index in [2.05, 4.69) is 4.72 Å². The van der Waals surface area contributed by atoms with Gasteiger partial charge in [-0.3, -0.25) is 9.52 Å². The lowest BCUT2D eigenvalue weighted by atomic mass is 10.3. The number of halogens is 3. The quantitative estimate of drug-likeness (QED) is 0.613. The number of carbonyl (C=O) groups is 1. The molecule has 0 unspecified atom stereocenters. The Morgan fingerprint density at radius 3 is 2.30 bits per heavy atom. The van der Waals surface area contributed by atoms with Crippen LogP contribution in [-0.4, -0.2) is 51.6 Å². The fraction of sp³-hybridized carbons (Fsp3) is 0.316. The average Bonchev–Trinajstić information content (AvgIpc) is 2.72. The first kappa shape index (κ1) is 23.0. The van der Waals surface area contributed by atoms with Gasteiger partial charge in [-0.1, -0.05) is 34.8 Å². The van der Waals surface area contributed by atoms with Crippen molar-refractivity contribution in [3.8, 4) is 5.75 Å². The van der Waals surface area contributed by atoms with Crippen molar-refractivity contribution < 1.29 is 22.7 Å². The SMILES string of the molecule is C[C@@H](Oc1ccc(S(=O)(=O)Nc2cc(Cl)c(Cl)cc2Cl)cc1)C(=O)N1CCOCC1. The van der Waals surface area contributed by atoms with Gasteiger partial charge in [0.2, 0.25) is 0 Å². The van der Waals surface area contributed by atoms with Crippen LogP contribution in [0, 0.1) is 0 Å². The number of rotatable bonds is 6. The predicted octanol–water partition coefficient (Wildman–Crippen LogP) is 4.07. The summed E-state index contributed by atoms with van der Waals surface area (Å²) >= 11 is 17.8. The predicted molar refractivity (Wildman–Crippen MR) is 116 cm³/mol. The maximum absolute atomic E-state index is 12.6. The molecule has 0 spiro atoms. The summed E-state index contributed by atoms with van der Waals surface area (Å²) < 4.78 is 38.6. The molecular formula is C19H19Cl3N2O5S. The largest absolute Gasteiger partial charge is 0.481 e. The minimum absolute atomic E-state index is 0.0100. The number of hydrogen-bond acceptors (Lipinski definition) is 5. The van der Waals surface area contributed by atoms with Crippen LogP contribution in [0.2, 0.25) is 15.1 Å². The summed E-state index contributed by atoms with van der Waals surface area (Å²) in [4.78, 5) is 14.1. The van der Waals surface area contributed by atoms with Crippen LogP contribution in [0.3, 0.4) is 0 Å². The number of hydrogen-bond donors (Lipinski definition) is 1. The van der Waals surface area contributed by atoms with E-state index in [0.29, 0.717) is 32.1 Å². The zero-order chi connectivity index (χ0) is 21.9. The van der Waals surface area contributed by atoms with Gasteiger partial charge in [-0.05, 0) is 43.3 Å². The van der Waals surface area contributed by atoms with Gasteiger partial charge in [0.15, 0.2) is 6.10 Å². The topological polar surface area (TPSA) is 84.9 Å². The standard InChI is InChI=1S/C19H19Cl3N2O5S/c1-12(19(25)24-6-8-28-9-7-24)29-13-2-4-14(5-3-13)30(26,27)23-18-11-16(21)15(20)10-17(18)22/h2-5,10-12,23H,6-9H2,1H3/t12-/m1/s1. The molecule has 7 nitrogen and oxygen atoms in total. The van der Waals surface area contributed by atoms with Crippen LogP contribution in [-0.2, 0) is 19.6 Å². The van der Waals surface area contributed by atoms with E-state index in [0.717, 1.165) is 0 Å². The van der Waals surface area contributed by atoms with E-state index in [1.54, 1.807) is 11.8 Å². The maximum atomic E-state index is 12.6. The molecular weight excluding hydrogens is 475 g/mol. The zero-order valence-electron chi connectivity index (χ0n) is 15.9. The summed E-state index contributed by atoms with van der Waals surface area (Å²) in [6.45, 7) is 3.69. The highest BCUT2D eigenvalue weighted by Crippen LogP contribution is 2.33. The Kier molecular flexibility index (Phi) is 7.36. The molecule has 1 fully saturated rings. The monoisotopic (exact) mass is 492 g/mol. The van der Waals surface area contributed by atoms with Gasteiger partial charge in [-0.25, -0.2) is 8.42 Å². The highest BCUT2D eigenvalue weighted by molar-refractivity contribution is 7.92. The van der Waals surface area contributed by atoms with Crippen LogP contribution in [0.4, 0.5) is 5.69 Å². The van der Waals surface area contributed by atoms with Gasteiger partial charge in [0.05, 0.1) is 38.9 Å². The first-order chi connectivity index (χ1) is 14.2. The summed E-state index contributed by atoms with van der Waals surface area (Å²) in [7, 11) is -3.92. The minimum Gasteiger partial charge on any atom is -0.481 e. The van der Waals surface area contributed by atoms with E-state index in [4.69, 9.17) is 44.3 Å². The molecule has 1 N–H and O–H groups in total. The van der Waals surface area contributed by atoms with Crippen molar-refractivity contribution in [2.24, 2.45) is 0 Å². The van der Waals surface area contributed by atoms with E-state index >= 15 is 0 Å². The number of amides is 1. The van der Waals surface area contributed by atoms with E-state index in [-0.39, 0.29) is 31.6 Å². The number of carbonyl (C=O) groups excluding carboxylic acids is 1. The highest BCUT2D eigenvalue weighted by Gasteiger charge is 2.24. The summed E-state index contributed by atoms with van der Waals surface area (Å²) in [5, 5.41) is 0.497. The van der Waals surface area contributed by atoms with Crippen molar-refractivity contribution in [1.29, 1.82) is 0 Å². The van der Waals surface area contributed by atoms with Crippen molar-refractivity contribution in [3.05, 3.63) is 51.5 Å². The molecule has 162 valence electrons. The minimum atomic E-state index is -3.92. The Hall–Kier alpha value is -1.71. The Morgan fingerprint density at radius 2 is 1.67 bits per heavy atom. The number of anilines is 1. The number of nitrogens with zero attached hydrogens (tertiary/aromatic N) is 1. The normalized spacial score (nSPS) is 15.5. The smallest absolute Gasteiger partial charge is 0.263 e. The number of sulfonamides is 1. The molecule has 3 rings (SSSR count). The van der Waals surface area contributed by atoms with Crippen molar-refractivity contribution in [2.75, 3.05) is 31.0 Å². The zero-order valence-corrected chi connectivity index (χ0v) is 19.0. The number of benzene rings is 2. The average molecular weight is 494 g/mol. The maximum Gasteiger partial charge on any atom is 0.263 e. The first-order valence-electron chi connectivity index (χ1n) is 8.98. The van der Waals surface area contributed by atoms with E-state index in [9.17, 15) is 13.2 Å². The Labute approximate surface area is 189 Å². The van der Waals surface area contributed by atoms with Gasteiger partial charge in [0.1, 0.15) is 5.75 Å². The molecule has 2 aromatic rings. The summed E-state index contributed by atoms with van der Waals surface area (Å²) in [5.41, 5.74) is 0.108. The lowest BCUT2D eigenvalue weighted by molar-refractivity contribution is -0.142. The van der Waals surface area contributed by atoms with Gasteiger partial charge in [0, 0.05) is 13.1 Å². The molecule has 30 heavy (non-hydrogen) atoms. The van der Waals surface area contributed by atoms with Gasteiger partial charge < -0.3 is 14.4 Å². The molecule has 1 amide bonds. The molecule has 2 aromatic carbocycles. The highest BCUT2D eigenvalue weighted by atomic mass is 35.5. The molecule has 0 aliphatic carbocycles. The Bertz CT molecular complexity index is 1030. The fourth-order valence-corrected chi connectivity index (χ4v) is 4.52. The molecule has 0 aromatic heterocycles. The first-order valence-corrected chi connectivity index (χ1v) is 11.6. The van der Waals surface area contributed by atoms with Crippen LogP contribution in [0.5, 0.6) is 5.75 Å². The Balaban J connectivity index is 1.68. The number of ether oxygens (including phenoxy) is 2. The molecule has 0 saturated carbocycles. The molecule has 1 heterocycles. The van der Waals surface area contributed by atoms with Crippen LogP contribution < -0.4 is 9.46 Å². The van der Waals surface area contributed by atoms with Crippen LogP contribution in [0.15, 0.2) is 41.3 Å². The van der Waals surface area contributed by atoms with Gasteiger partial charge in [-0.15, -0.1) is 0 Å².